The van der Waals surface area contributed by atoms with Gasteiger partial charge in [-0.1, -0.05) is 49.4 Å². The van der Waals surface area contributed by atoms with E-state index in [1.165, 1.54) is 0 Å². The van der Waals surface area contributed by atoms with Gasteiger partial charge in [-0.15, -0.1) is 0 Å². The van der Waals surface area contributed by atoms with Crippen molar-refractivity contribution in [3.8, 4) is 0 Å². The van der Waals surface area contributed by atoms with Crippen LogP contribution in [0.15, 0.2) is 59.5 Å². The molecule has 5 nitrogen and oxygen atoms in total. The molecule has 0 saturated carbocycles. The molecule has 0 heterocycles. The Morgan fingerprint density at radius 1 is 1.04 bits per heavy atom. The highest BCUT2D eigenvalue weighted by Gasteiger charge is 2.16. The Morgan fingerprint density at radius 3 is 2.17 bits per heavy atom. The van der Waals surface area contributed by atoms with Gasteiger partial charge in [-0.3, -0.25) is 10.0 Å². The Kier molecular flexibility index (Phi) is 5.52. The molecule has 2 rings (SSSR count). The number of hydroxylamine groups is 1. The highest BCUT2D eigenvalue weighted by Crippen LogP contribution is 2.17. The van der Waals surface area contributed by atoms with Crippen molar-refractivity contribution >= 4 is 15.7 Å². The number of benzene rings is 2. The number of hydrogen-bond donors (Lipinski definition) is 2. The summed E-state index contributed by atoms with van der Waals surface area (Å²) in [6.07, 6.45) is 0.470. The summed E-state index contributed by atoms with van der Waals surface area (Å²) < 4.78 is 24.6. The zero-order chi connectivity index (χ0) is 16.9. The zero-order valence-electron chi connectivity index (χ0n) is 12.8. The second kappa shape index (κ2) is 7.39. The van der Waals surface area contributed by atoms with Gasteiger partial charge in [-0.25, -0.2) is 13.9 Å². The molecule has 0 spiro atoms. The molecular formula is C17H19NO4S. The van der Waals surface area contributed by atoms with E-state index in [1.54, 1.807) is 67.0 Å². The molecule has 122 valence electrons. The molecule has 0 saturated heterocycles. The minimum Gasteiger partial charge on any atom is -0.289 e. The Labute approximate surface area is 135 Å². The summed E-state index contributed by atoms with van der Waals surface area (Å²) in [4.78, 5) is 11.6. The summed E-state index contributed by atoms with van der Waals surface area (Å²) in [5.74, 6) is -0.871. The van der Waals surface area contributed by atoms with Crippen molar-refractivity contribution in [2.24, 2.45) is 5.92 Å². The summed E-state index contributed by atoms with van der Waals surface area (Å²) >= 11 is 0. The maximum Gasteiger partial charge on any atom is 0.246 e. The average Bonchev–Trinajstić information content (AvgIpc) is 2.56. The highest BCUT2D eigenvalue weighted by atomic mass is 32.2. The topological polar surface area (TPSA) is 83.5 Å². The number of nitrogens with one attached hydrogen (secondary N) is 1. The molecule has 0 bridgehead atoms. The molecule has 6 heteroatoms. The van der Waals surface area contributed by atoms with Crippen molar-refractivity contribution in [1.82, 2.24) is 5.48 Å². The summed E-state index contributed by atoms with van der Waals surface area (Å²) in [7, 11) is -3.36. The van der Waals surface area contributed by atoms with E-state index in [2.05, 4.69) is 0 Å². The number of hydrogen-bond acceptors (Lipinski definition) is 4. The van der Waals surface area contributed by atoms with Gasteiger partial charge in [0, 0.05) is 5.92 Å². The van der Waals surface area contributed by atoms with Crippen LogP contribution in [-0.2, 0) is 26.8 Å². The zero-order valence-corrected chi connectivity index (χ0v) is 13.6. The standard InChI is InChI=1S/C17H19NO4S/c1-13(17(19)18-20)11-14-7-9-15(10-8-14)12-23(21,22)16-5-3-2-4-6-16/h2-10,13,20H,11-12H2,1H3,(H,18,19). The van der Waals surface area contributed by atoms with Crippen LogP contribution < -0.4 is 5.48 Å². The van der Waals surface area contributed by atoms with Gasteiger partial charge >= 0.3 is 0 Å². The normalized spacial score (nSPS) is 12.6. The Hall–Kier alpha value is -2.18. The number of rotatable bonds is 6. The monoisotopic (exact) mass is 333 g/mol. The summed E-state index contributed by atoms with van der Waals surface area (Å²) in [6.45, 7) is 1.71. The summed E-state index contributed by atoms with van der Waals surface area (Å²) in [5.41, 5.74) is 3.22. The minimum atomic E-state index is -3.36. The van der Waals surface area contributed by atoms with Crippen molar-refractivity contribution in [3.63, 3.8) is 0 Å². The lowest BCUT2D eigenvalue weighted by Crippen LogP contribution is -2.27. The first-order valence-corrected chi connectivity index (χ1v) is 8.87. The molecule has 2 N–H and O–H groups in total. The quantitative estimate of drug-likeness (QED) is 0.628. The fraction of sp³-hybridized carbons (Fsp3) is 0.235. The van der Waals surface area contributed by atoms with Gasteiger partial charge < -0.3 is 0 Å². The molecule has 0 aromatic heterocycles. The molecule has 0 aliphatic heterocycles. The number of carbonyl (C=O) groups excluding carboxylic acids is 1. The fourth-order valence-corrected chi connectivity index (χ4v) is 3.63. The van der Waals surface area contributed by atoms with Crippen molar-refractivity contribution in [2.75, 3.05) is 0 Å². The first kappa shape index (κ1) is 17.2. The lowest BCUT2D eigenvalue weighted by atomic mass is 10.00. The summed E-state index contributed by atoms with van der Waals surface area (Å²) in [6, 6.07) is 15.4. The van der Waals surface area contributed by atoms with Crippen LogP contribution in [-0.4, -0.2) is 19.5 Å². The lowest BCUT2D eigenvalue weighted by Gasteiger charge is -2.10. The third-order valence-corrected chi connectivity index (χ3v) is 5.29. The van der Waals surface area contributed by atoms with E-state index in [9.17, 15) is 13.2 Å². The molecule has 1 atom stereocenters. The predicted octanol–water partition coefficient (Wildman–Crippen LogP) is 2.34. The molecular weight excluding hydrogens is 314 g/mol. The predicted molar refractivity (Wildman–Crippen MR) is 86.6 cm³/mol. The maximum atomic E-state index is 12.3. The van der Waals surface area contributed by atoms with Gasteiger partial charge in [0.1, 0.15) is 0 Å². The Bertz CT molecular complexity index is 755. The Balaban J connectivity index is 2.07. The molecule has 2 aromatic rings. The Morgan fingerprint density at radius 2 is 1.61 bits per heavy atom. The van der Waals surface area contributed by atoms with Crippen molar-refractivity contribution < 1.29 is 18.4 Å². The van der Waals surface area contributed by atoms with Crippen LogP contribution in [0.3, 0.4) is 0 Å². The maximum absolute atomic E-state index is 12.3. The van der Waals surface area contributed by atoms with Crippen LogP contribution >= 0.6 is 0 Å². The third kappa shape index (κ3) is 4.64. The SMILES string of the molecule is CC(Cc1ccc(CS(=O)(=O)c2ccccc2)cc1)C(=O)NO. The van der Waals surface area contributed by atoms with E-state index in [0.717, 1.165) is 5.56 Å². The third-order valence-electron chi connectivity index (χ3n) is 3.58. The first-order chi connectivity index (χ1) is 10.9. The van der Waals surface area contributed by atoms with E-state index in [-0.39, 0.29) is 11.7 Å². The van der Waals surface area contributed by atoms with Crippen LogP contribution in [0.2, 0.25) is 0 Å². The van der Waals surface area contributed by atoms with E-state index < -0.39 is 15.7 Å². The summed E-state index contributed by atoms with van der Waals surface area (Å²) in [5, 5.41) is 8.60. The number of sulfone groups is 1. The first-order valence-electron chi connectivity index (χ1n) is 7.22. The van der Waals surface area contributed by atoms with E-state index in [0.29, 0.717) is 16.9 Å². The second-order valence-electron chi connectivity index (χ2n) is 5.47. The number of amides is 1. The van der Waals surface area contributed by atoms with Crippen LogP contribution in [0, 0.1) is 5.92 Å². The van der Waals surface area contributed by atoms with Crippen LogP contribution in [0.5, 0.6) is 0 Å². The van der Waals surface area contributed by atoms with Crippen LogP contribution in [0.25, 0.3) is 0 Å². The molecule has 2 aromatic carbocycles. The van der Waals surface area contributed by atoms with E-state index in [4.69, 9.17) is 5.21 Å². The molecule has 0 fully saturated rings. The van der Waals surface area contributed by atoms with Crippen LogP contribution in [0.1, 0.15) is 18.1 Å². The fourth-order valence-electron chi connectivity index (χ4n) is 2.26. The van der Waals surface area contributed by atoms with Gasteiger partial charge in [0.05, 0.1) is 10.6 Å². The van der Waals surface area contributed by atoms with Gasteiger partial charge in [-0.2, -0.15) is 0 Å². The molecule has 0 radical (unpaired) electrons. The molecule has 1 unspecified atom stereocenters. The highest BCUT2D eigenvalue weighted by molar-refractivity contribution is 7.90. The van der Waals surface area contributed by atoms with Gasteiger partial charge in [-0.05, 0) is 29.7 Å². The smallest absolute Gasteiger partial charge is 0.246 e. The van der Waals surface area contributed by atoms with E-state index >= 15 is 0 Å². The van der Waals surface area contributed by atoms with Crippen molar-refractivity contribution in [2.45, 2.75) is 24.0 Å². The molecule has 1 amide bonds. The van der Waals surface area contributed by atoms with E-state index in [1.807, 2.05) is 0 Å². The van der Waals surface area contributed by atoms with Crippen molar-refractivity contribution in [1.29, 1.82) is 0 Å². The molecule has 0 aliphatic rings. The largest absolute Gasteiger partial charge is 0.289 e. The molecule has 23 heavy (non-hydrogen) atoms. The lowest BCUT2D eigenvalue weighted by molar-refractivity contribution is -0.132. The second-order valence-corrected chi connectivity index (χ2v) is 7.46. The van der Waals surface area contributed by atoms with Gasteiger partial charge in [0.2, 0.25) is 5.91 Å². The average molecular weight is 333 g/mol. The van der Waals surface area contributed by atoms with Gasteiger partial charge in [0.15, 0.2) is 9.84 Å². The van der Waals surface area contributed by atoms with Crippen LogP contribution in [0.4, 0.5) is 0 Å². The minimum absolute atomic E-state index is 0.0655. The van der Waals surface area contributed by atoms with Crippen molar-refractivity contribution in [3.05, 3.63) is 65.7 Å². The van der Waals surface area contributed by atoms with Gasteiger partial charge in [0.25, 0.3) is 0 Å². The number of carbonyl (C=O) groups is 1. The molecule has 0 aliphatic carbocycles.